The third kappa shape index (κ3) is 1.85. The van der Waals surface area contributed by atoms with Crippen LogP contribution in [0.3, 0.4) is 0 Å². The van der Waals surface area contributed by atoms with Crippen molar-refractivity contribution in [1.82, 2.24) is 4.90 Å². The first-order valence-corrected chi connectivity index (χ1v) is 5.69. The van der Waals surface area contributed by atoms with E-state index >= 15 is 0 Å². The van der Waals surface area contributed by atoms with E-state index in [1.165, 1.54) is 0 Å². The molecule has 1 heterocycles. The van der Waals surface area contributed by atoms with Crippen LogP contribution in [0.25, 0.3) is 6.08 Å². The van der Waals surface area contributed by atoms with Crippen LogP contribution in [0, 0.1) is 0 Å². The maximum atomic E-state index is 11.3. The van der Waals surface area contributed by atoms with Gasteiger partial charge in [0, 0.05) is 7.05 Å². The van der Waals surface area contributed by atoms with Gasteiger partial charge in [0.25, 0.3) is 0 Å². The molecule has 1 saturated heterocycles. The Kier molecular flexibility index (Phi) is 3.01. The fraction of sp³-hybridized carbons (Fsp3) is 0.308. The predicted molar refractivity (Wildman–Crippen MR) is 66.3 cm³/mol. The molecule has 0 bridgehead atoms. The third-order valence-corrected chi connectivity index (χ3v) is 3.36. The maximum absolute atomic E-state index is 11.3. The molecule has 1 aliphatic heterocycles. The number of amides is 1. The molecule has 1 aliphatic rings. The molecule has 84 valence electrons. The molecule has 0 aliphatic carbocycles. The Morgan fingerprint density at radius 3 is 2.56 bits per heavy atom. The zero-order chi connectivity index (χ0) is 11.7. The van der Waals surface area contributed by atoms with Crippen molar-refractivity contribution in [2.75, 3.05) is 7.05 Å². The van der Waals surface area contributed by atoms with E-state index < -0.39 is 5.38 Å². The number of hydrogen-bond donors (Lipinski definition) is 0. The zero-order valence-corrected chi connectivity index (χ0v) is 10.1. The summed E-state index contributed by atoms with van der Waals surface area (Å²) in [4.78, 5) is 13.0. The van der Waals surface area contributed by atoms with Gasteiger partial charge in [-0.1, -0.05) is 36.4 Å². The summed E-state index contributed by atoms with van der Waals surface area (Å²) in [5, 5.41) is -0.398. The number of likely N-dealkylation sites (tertiary alicyclic amines) is 1. The largest absolute Gasteiger partial charge is 0.336 e. The second-order valence-electron chi connectivity index (χ2n) is 4.09. The maximum Gasteiger partial charge on any atom is 0.243 e. The molecule has 3 heteroatoms. The summed E-state index contributed by atoms with van der Waals surface area (Å²) >= 11 is 5.99. The van der Waals surface area contributed by atoms with Crippen molar-refractivity contribution in [3.8, 4) is 0 Å². The van der Waals surface area contributed by atoms with Crippen molar-refractivity contribution in [2.45, 2.75) is 18.3 Å². The number of halogens is 1. The highest BCUT2D eigenvalue weighted by Crippen LogP contribution is 2.29. The average molecular weight is 236 g/mol. The van der Waals surface area contributed by atoms with Crippen molar-refractivity contribution in [2.24, 2.45) is 0 Å². The van der Waals surface area contributed by atoms with Gasteiger partial charge >= 0.3 is 0 Å². The van der Waals surface area contributed by atoms with E-state index in [4.69, 9.17) is 11.6 Å². The molecule has 1 aromatic carbocycles. The minimum Gasteiger partial charge on any atom is -0.336 e. The normalized spacial score (nSPS) is 25.6. The molecule has 16 heavy (non-hydrogen) atoms. The number of carbonyl (C=O) groups excluding carboxylic acids is 1. The third-order valence-electron chi connectivity index (χ3n) is 2.94. The van der Waals surface area contributed by atoms with Crippen LogP contribution >= 0.6 is 11.6 Å². The van der Waals surface area contributed by atoms with Gasteiger partial charge in [0.2, 0.25) is 5.91 Å². The molecule has 2 rings (SSSR count). The summed E-state index contributed by atoms with van der Waals surface area (Å²) in [6.07, 6.45) is 2.07. The minimum atomic E-state index is -0.398. The van der Waals surface area contributed by atoms with E-state index in [0.29, 0.717) is 0 Å². The number of carbonyl (C=O) groups is 1. The summed E-state index contributed by atoms with van der Waals surface area (Å²) in [5.41, 5.74) is 2.25. The Morgan fingerprint density at radius 2 is 2.00 bits per heavy atom. The summed E-state index contributed by atoms with van der Waals surface area (Å²) < 4.78 is 0. The average Bonchev–Trinajstić information content (AvgIpc) is 2.30. The predicted octanol–water partition coefficient (Wildman–Crippen LogP) is 2.54. The highest BCUT2D eigenvalue weighted by atomic mass is 35.5. The molecule has 0 spiro atoms. The first-order chi connectivity index (χ1) is 7.61. The highest BCUT2D eigenvalue weighted by Gasteiger charge is 2.44. The Balaban J connectivity index is 2.17. The summed E-state index contributed by atoms with van der Waals surface area (Å²) in [7, 11) is 1.79. The van der Waals surface area contributed by atoms with Gasteiger partial charge in [-0.2, -0.15) is 0 Å². The number of hydrogen-bond acceptors (Lipinski definition) is 1. The Hall–Kier alpha value is -1.28. The quantitative estimate of drug-likeness (QED) is 0.570. The molecule has 1 aromatic rings. The van der Waals surface area contributed by atoms with Gasteiger partial charge in [-0.15, -0.1) is 11.6 Å². The first-order valence-electron chi connectivity index (χ1n) is 5.25. The van der Waals surface area contributed by atoms with Crippen LogP contribution in [0.5, 0.6) is 0 Å². The van der Waals surface area contributed by atoms with E-state index in [1.807, 2.05) is 37.3 Å². The molecule has 0 saturated carbocycles. The van der Waals surface area contributed by atoms with Gasteiger partial charge in [0.05, 0.1) is 6.04 Å². The highest BCUT2D eigenvalue weighted by molar-refractivity contribution is 6.34. The van der Waals surface area contributed by atoms with E-state index in [0.717, 1.165) is 11.1 Å². The monoisotopic (exact) mass is 235 g/mol. The minimum absolute atomic E-state index is 0.00692. The second kappa shape index (κ2) is 4.30. The Morgan fingerprint density at radius 1 is 1.38 bits per heavy atom. The lowest BCUT2D eigenvalue weighted by Gasteiger charge is -2.42. The number of likely N-dealkylation sites (N-methyl/N-ethyl adjacent to an activating group) is 1. The second-order valence-corrected chi connectivity index (χ2v) is 4.56. The lowest BCUT2D eigenvalue weighted by atomic mass is 9.93. The lowest BCUT2D eigenvalue weighted by Crippen LogP contribution is -2.60. The van der Waals surface area contributed by atoms with Crippen LogP contribution in [0.2, 0.25) is 0 Å². The summed E-state index contributed by atoms with van der Waals surface area (Å²) in [6.45, 7) is 2.01. The molecule has 0 unspecified atom stereocenters. The summed E-state index contributed by atoms with van der Waals surface area (Å²) in [6, 6.07) is 10.1. The van der Waals surface area contributed by atoms with Gasteiger partial charge in [-0.05, 0) is 18.1 Å². The fourth-order valence-corrected chi connectivity index (χ4v) is 2.54. The molecule has 1 amide bonds. The van der Waals surface area contributed by atoms with E-state index in [2.05, 4.69) is 6.08 Å². The molecular weight excluding hydrogens is 222 g/mol. The molecule has 0 N–H and O–H groups in total. The number of benzene rings is 1. The number of nitrogens with zero attached hydrogens (tertiary/aromatic N) is 1. The van der Waals surface area contributed by atoms with E-state index in [9.17, 15) is 4.79 Å². The van der Waals surface area contributed by atoms with E-state index in [-0.39, 0.29) is 11.9 Å². The molecule has 0 aromatic heterocycles. The number of rotatable bonds is 2. The fourth-order valence-electron chi connectivity index (χ4n) is 2.01. The van der Waals surface area contributed by atoms with E-state index in [1.54, 1.807) is 11.9 Å². The smallest absolute Gasteiger partial charge is 0.243 e. The van der Waals surface area contributed by atoms with Crippen LogP contribution < -0.4 is 0 Å². The van der Waals surface area contributed by atoms with Crippen molar-refractivity contribution in [3.05, 3.63) is 41.5 Å². The van der Waals surface area contributed by atoms with Gasteiger partial charge in [0.1, 0.15) is 5.38 Å². The van der Waals surface area contributed by atoms with Crippen LogP contribution in [-0.2, 0) is 4.79 Å². The number of β-lactam (4-membered cyclic amide) rings is 1. The van der Waals surface area contributed by atoms with Crippen LogP contribution in [0.4, 0.5) is 0 Å². The SMILES string of the molecule is C/C(=C\c1ccccc1)[C@H]1[C@@H](Cl)C(=O)N1C. The zero-order valence-electron chi connectivity index (χ0n) is 9.35. The number of alkyl halides is 1. The molecule has 0 radical (unpaired) electrons. The lowest BCUT2D eigenvalue weighted by molar-refractivity contribution is -0.140. The van der Waals surface area contributed by atoms with Gasteiger partial charge in [-0.3, -0.25) is 4.79 Å². The van der Waals surface area contributed by atoms with Crippen molar-refractivity contribution >= 4 is 23.6 Å². The van der Waals surface area contributed by atoms with Crippen LogP contribution in [0.1, 0.15) is 12.5 Å². The van der Waals surface area contributed by atoms with Crippen LogP contribution in [0.15, 0.2) is 35.9 Å². The van der Waals surface area contributed by atoms with Crippen molar-refractivity contribution in [3.63, 3.8) is 0 Å². The molecular formula is C13H14ClNO. The first kappa shape index (κ1) is 11.2. The van der Waals surface area contributed by atoms with Crippen molar-refractivity contribution in [1.29, 1.82) is 0 Å². The van der Waals surface area contributed by atoms with Crippen molar-refractivity contribution < 1.29 is 4.79 Å². The topological polar surface area (TPSA) is 20.3 Å². The Labute approximate surface area is 101 Å². The van der Waals surface area contributed by atoms with Gasteiger partial charge in [-0.25, -0.2) is 0 Å². The Bertz CT molecular complexity index is 415. The molecule has 1 fully saturated rings. The standard InChI is InChI=1S/C13H14ClNO/c1-9(8-10-6-4-3-5-7-10)12-11(14)13(16)15(12)2/h3-8,11-12H,1-2H3/b9-8+/t11-,12+/m1/s1. The molecule has 2 nitrogen and oxygen atoms in total. The van der Waals surface area contributed by atoms with Gasteiger partial charge < -0.3 is 4.90 Å². The van der Waals surface area contributed by atoms with Crippen LogP contribution in [-0.4, -0.2) is 29.3 Å². The van der Waals surface area contributed by atoms with Gasteiger partial charge in [0.15, 0.2) is 0 Å². The molecule has 2 atom stereocenters. The summed E-state index contributed by atoms with van der Waals surface area (Å²) in [5.74, 6) is 0.00692.